The molecule has 0 aromatic heterocycles. The van der Waals surface area contributed by atoms with Crippen molar-refractivity contribution in [2.45, 2.75) is 31.9 Å². The average molecular weight is 237 g/mol. The van der Waals surface area contributed by atoms with Gasteiger partial charge in [-0.05, 0) is 24.8 Å². The van der Waals surface area contributed by atoms with Gasteiger partial charge in [-0.2, -0.15) is 0 Å². The van der Waals surface area contributed by atoms with Gasteiger partial charge in [0.15, 0.2) is 0 Å². The fraction of sp³-hybridized carbons (Fsp3) is 0.538. The van der Waals surface area contributed by atoms with Crippen LogP contribution in [0.2, 0.25) is 0 Å². The standard InChI is InChI=1S/C13H19NO3/c15-11-5-4-10(13(17)6-11)8-14-7-9-2-1-3-12(9)16/h4-6,9,12,14-17H,1-3,7-8H2. The van der Waals surface area contributed by atoms with Crippen LogP contribution in [-0.2, 0) is 6.54 Å². The first-order valence-electron chi connectivity index (χ1n) is 6.06. The Hall–Kier alpha value is -1.26. The van der Waals surface area contributed by atoms with Crippen LogP contribution < -0.4 is 5.32 Å². The first-order valence-corrected chi connectivity index (χ1v) is 6.06. The molecule has 1 saturated carbocycles. The van der Waals surface area contributed by atoms with E-state index in [1.165, 1.54) is 6.07 Å². The Morgan fingerprint density at radius 1 is 1.24 bits per heavy atom. The molecule has 0 radical (unpaired) electrons. The molecule has 2 rings (SSSR count). The van der Waals surface area contributed by atoms with Crippen molar-refractivity contribution in [2.24, 2.45) is 5.92 Å². The van der Waals surface area contributed by atoms with E-state index in [4.69, 9.17) is 5.11 Å². The summed E-state index contributed by atoms with van der Waals surface area (Å²) < 4.78 is 0. The van der Waals surface area contributed by atoms with Gasteiger partial charge in [0.25, 0.3) is 0 Å². The first kappa shape index (κ1) is 12.2. The summed E-state index contributed by atoms with van der Waals surface area (Å²) in [4.78, 5) is 0. The van der Waals surface area contributed by atoms with E-state index in [0.29, 0.717) is 12.5 Å². The van der Waals surface area contributed by atoms with Gasteiger partial charge >= 0.3 is 0 Å². The van der Waals surface area contributed by atoms with E-state index in [1.54, 1.807) is 12.1 Å². The molecule has 4 heteroatoms. The van der Waals surface area contributed by atoms with Crippen LogP contribution in [-0.4, -0.2) is 28.0 Å². The molecule has 1 aliphatic rings. The zero-order valence-electron chi connectivity index (χ0n) is 9.76. The molecule has 4 N–H and O–H groups in total. The van der Waals surface area contributed by atoms with E-state index in [1.807, 2.05) is 0 Å². The minimum absolute atomic E-state index is 0.0671. The van der Waals surface area contributed by atoms with Gasteiger partial charge in [0.05, 0.1) is 6.10 Å². The highest BCUT2D eigenvalue weighted by atomic mass is 16.3. The fourth-order valence-electron chi connectivity index (χ4n) is 2.35. The van der Waals surface area contributed by atoms with Gasteiger partial charge in [0.2, 0.25) is 0 Å². The van der Waals surface area contributed by atoms with Crippen LogP contribution in [0.5, 0.6) is 11.5 Å². The van der Waals surface area contributed by atoms with E-state index < -0.39 is 0 Å². The lowest BCUT2D eigenvalue weighted by Crippen LogP contribution is -2.27. The second kappa shape index (κ2) is 5.38. The zero-order valence-corrected chi connectivity index (χ0v) is 9.76. The van der Waals surface area contributed by atoms with Crippen LogP contribution in [0, 0.1) is 5.92 Å². The second-order valence-corrected chi connectivity index (χ2v) is 4.70. The lowest BCUT2D eigenvalue weighted by atomic mass is 10.1. The largest absolute Gasteiger partial charge is 0.508 e. The number of rotatable bonds is 4. The van der Waals surface area contributed by atoms with Crippen LogP contribution in [0.25, 0.3) is 0 Å². The number of aliphatic hydroxyl groups is 1. The molecule has 17 heavy (non-hydrogen) atoms. The molecule has 0 saturated heterocycles. The third-order valence-corrected chi connectivity index (χ3v) is 3.41. The molecule has 2 unspecified atom stereocenters. The van der Waals surface area contributed by atoms with Crippen LogP contribution in [0.4, 0.5) is 0 Å². The van der Waals surface area contributed by atoms with E-state index in [2.05, 4.69) is 5.32 Å². The van der Waals surface area contributed by atoms with Crippen LogP contribution in [0.3, 0.4) is 0 Å². The van der Waals surface area contributed by atoms with Crippen molar-refractivity contribution in [3.63, 3.8) is 0 Å². The maximum atomic E-state index is 9.65. The maximum Gasteiger partial charge on any atom is 0.123 e. The van der Waals surface area contributed by atoms with E-state index >= 15 is 0 Å². The molecule has 0 heterocycles. The fourth-order valence-corrected chi connectivity index (χ4v) is 2.35. The molecule has 1 aromatic rings. The van der Waals surface area contributed by atoms with E-state index in [9.17, 15) is 10.2 Å². The summed E-state index contributed by atoms with van der Waals surface area (Å²) in [5, 5.41) is 31.6. The van der Waals surface area contributed by atoms with Gasteiger partial charge in [0, 0.05) is 24.7 Å². The Bertz CT molecular complexity index is 381. The summed E-state index contributed by atoms with van der Waals surface area (Å²) in [6.07, 6.45) is 2.88. The lowest BCUT2D eigenvalue weighted by molar-refractivity contribution is 0.131. The van der Waals surface area contributed by atoms with Gasteiger partial charge in [0.1, 0.15) is 11.5 Å². The number of phenolic OH excluding ortho intramolecular Hbond substituents is 2. The van der Waals surface area contributed by atoms with Crippen molar-refractivity contribution >= 4 is 0 Å². The number of aromatic hydroxyl groups is 2. The molecule has 0 aliphatic heterocycles. The van der Waals surface area contributed by atoms with Crippen LogP contribution in [0.15, 0.2) is 18.2 Å². The number of nitrogens with one attached hydrogen (secondary N) is 1. The van der Waals surface area contributed by atoms with Gasteiger partial charge in [-0.25, -0.2) is 0 Å². The molecular formula is C13H19NO3. The molecule has 0 amide bonds. The monoisotopic (exact) mass is 237 g/mol. The Labute approximate surface area is 101 Å². The molecule has 4 nitrogen and oxygen atoms in total. The van der Waals surface area contributed by atoms with Crippen LogP contribution >= 0.6 is 0 Å². The number of hydrogen-bond donors (Lipinski definition) is 4. The minimum atomic E-state index is -0.184. The third kappa shape index (κ3) is 3.11. The molecule has 1 aromatic carbocycles. The van der Waals surface area contributed by atoms with Gasteiger partial charge in [-0.15, -0.1) is 0 Å². The van der Waals surface area contributed by atoms with Crippen molar-refractivity contribution in [1.82, 2.24) is 5.32 Å². The van der Waals surface area contributed by atoms with E-state index in [0.717, 1.165) is 31.4 Å². The number of phenols is 2. The predicted molar refractivity (Wildman–Crippen MR) is 64.8 cm³/mol. The Balaban J connectivity index is 1.81. The summed E-state index contributed by atoms with van der Waals surface area (Å²) in [7, 11) is 0. The average Bonchev–Trinajstić information content (AvgIpc) is 2.68. The van der Waals surface area contributed by atoms with Gasteiger partial charge in [-0.1, -0.05) is 12.5 Å². The number of hydrogen-bond acceptors (Lipinski definition) is 4. The molecule has 2 atom stereocenters. The molecule has 1 aliphatic carbocycles. The Kier molecular flexibility index (Phi) is 3.86. The molecular weight excluding hydrogens is 218 g/mol. The summed E-state index contributed by atoms with van der Waals surface area (Å²) in [5.41, 5.74) is 0.760. The third-order valence-electron chi connectivity index (χ3n) is 3.41. The van der Waals surface area contributed by atoms with Crippen LogP contribution in [0.1, 0.15) is 24.8 Å². The Morgan fingerprint density at radius 3 is 2.71 bits per heavy atom. The van der Waals surface area contributed by atoms with Crippen molar-refractivity contribution in [2.75, 3.05) is 6.54 Å². The highest BCUT2D eigenvalue weighted by molar-refractivity contribution is 5.38. The van der Waals surface area contributed by atoms with Crippen molar-refractivity contribution in [1.29, 1.82) is 0 Å². The number of benzene rings is 1. The summed E-state index contributed by atoms with van der Waals surface area (Å²) in [6.45, 7) is 1.32. The molecule has 0 spiro atoms. The predicted octanol–water partition coefficient (Wildman–Crippen LogP) is 1.35. The lowest BCUT2D eigenvalue weighted by Gasteiger charge is -2.15. The second-order valence-electron chi connectivity index (χ2n) is 4.70. The maximum absolute atomic E-state index is 9.65. The van der Waals surface area contributed by atoms with Crippen molar-refractivity contribution in [3.8, 4) is 11.5 Å². The first-order chi connectivity index (χ1) is 8.16. The summed E-state index contributed by atoms with van der Waals surface area (Å²) in [5.74, 6) is 0.496. The van der Waals surface area contributed by atoms with Gasteiger partial charge < -0.3 is 20.6 Å². The van der Waals surface area contributed by atoms with Crippen molar-refractivity contribution < 1.29 is 15.3 Å². The highest BCUT2D eigenvalue weighted by Crippen LogP contribution is 2.25. The molecule has 1 fully saturated rings. The molecule has 94 valence electrons. The zero-order chi connectivity index (χ0) is 12.3. The van der Waals surface area contributed by atoms with Gasteiger partial charge in [-0.3, -0.25) is 0 Å². The quantitative estimate of drug-likeness (QED) is 0.638. The van der Waals surface area contributed by atoms with Crippen molar-refractivity contribution in [3.05, 3.63) is 23.8 Å². The highest BCUT2D eigenvalue weighted by Gasteiger charge is 2.24. The van der Waals surface area contributed by atoms with E-state index in [-0.39, 0.29) is 17.6 Å². The number of aliphatic hydroxyl groups excluding tert-OH is 1. The smallest absolute Gasteiger partial charge is 0.123 e. The Morgan fingerprint density at radius 2 is 2.06 bits per heavy atom. The normalized spacial score (nSPS) is 24.1. The topological polar surface area (TPSA) is 72.7 Å². The SMILES string of the molecule is Oc1ccc(CNCC2CCCC2O)c(O)c1. The minimum Gasteiger partial charge on any atom is -0.508 e. The summed E-state index contributed by atoms with van der Waals surface area (Å²) in [6, 6.07) is 4.59. The summed E-state index contributed by atoms with van der Waals surface area (Å²) >= 11 is 0. The molecule has 0 bridgehead atoms.